The van der Waals surface area contributed by atoms with Gasteiger partial charge >= 0.3 is 59.9 Å². The van der Waals surface area contributed by atoms with E-state index in [4.69, 9.17) is 0 Å². The van der Waals surface area contributed by atoms with E-state index >= 15 is 0 Å². The Morgan fingerprint density at radius 3 is 0.750 bits per heavy atom. The molecule has 0 aromatic carbocycles. The van der Waals surface area contributed by atoms with Gasteiger partial charge in [0.2, 0.25) is 0 Å². The van der Waals surface area contributed by atoms with Crippen LogP contribution < -0.4 is 0 Å². The summed E-state index contributed by atoms with van der Waals surface area (Å²) < 4.78 is 0. The van der Waals surface area contributed by atoms with E-state index in [2.05, 4.69) is 27.2 Å². The Labute approximate surface area is 59.2 Å². The van der Waals surface area contributed by atoms with E-state index in [9.17, 15) is 0 Å². The normalized spacial score (nSPS) is 3.50. The third kappa shape index (κ3) is 8.88. The molecule has 0 aromatic rings. The molecule has 4 heteroatoms. The molecule has 18 valence electrons. The summed E-state index contributed by atoms with van der Waals surface area (Å²) in [6, 6.07) is 0. The zero-order valence-corrected chi connectivity index (χ0v) is 11.3. The molecular weight excluding hydrogens is 291 g/mol. The minimum atomic E-state index is 1.19. The molecule has 0 aromatic heterocycles. The summed E-state index contributed by atoms with van der Waals surface area (Å²) in [4.78, 5) is 0. The Morgan fingerprint density at radius 1 is 0.750 bits per heavy atom. The van der Waals surface area contributed by atoms with Crippen molar-refractivity contribution in [3.8, 4) is 0 Å². The van der Waals surface area contributed by atoms with Crippen molar-refractivity contribution in [3.05, 3.63) is 0 Å². The van der Waals surface area contributed by atoms with Crippen molar-refractivity contribution in [1.82, 2.24) is 0 Å². The van der Waals surface area contributed by atoms with Crippen molar-refractivity contribution in [2.75, 3.05) is 0 Å². The van der Waals surface area contributed by atoms with Gasteiger partial charge in [0, 0.05) is 0 Å². The fourth-order valence-electron chi connectivity index (χ4n) is 0. The van der Waals surface area contributed by atoms with Crippen LogP contribution in [0.2, 0.25) is 0 Å². The van der Waals surface area contributed by atoms with Crippen LogP contribution in [0.4, 0.5) is 0 Å². The predicted octanol–water partition coefficient (Wildman–Crippen LogP) is 1.69. The molecule has 0 unspecified atom stereocenters. The summed E-state index contributed by atoms with van der Waals surface area (Å²) >= 11 is 8.50. The van der Waals surface area contributed by atoms with Gasteiger partial charge in [0.15, 0.2) is 0 Å². The van der Waals surface area contributed by atoms with Crippen LogP contribution in [0.15, 0.2) is 0 Å². The molecule has 0 saturated carbocycles. The Hall–Kier alpha value is 2.21. The Balaban J connectivity index is 0. The Kier molecular flexibility index (Phi) is 45.0. The maximum atomic E-state index is 3.06. The summed E-state index contributed by atoms with van der Waals surface area (Å²) in [5.74, 6) is 0. The average molecular weight is 291 g/mol. The number of halogens is 2. The van der Waals surface area contributed by atoms with E-state index in [0.29, 0.717) is 0 Å². The summed E-state index contributed by atoms with van der Waals surface area (Å²) in [5.41, 5.74) is 0. The monoisotopic (exact) mass is 286 g/mol. The quantitative estimate of drug-likeness (QED) is 0.596. The second kappa shape index (κ2) is 18.9. The molecule has 0 saturated heterocycles. The molecule has 0 fully saturated rings. The Morgan fingerprint density at radius 2 is 0.750 bits per heavy atom. The van der Waals surface area contributed by atoms with Crippen LogP contribution in [-0.2, 0) is 32.7 Å². The molecule has 0 heterocycles. The molecule has 0 aliphatic rings. The van der Waals surface area contributed by atoms with Crippen LogP contribution in [0.5, 0.6) is 0 Å². The molecular formula is Br2Zn2. The minimum absolute atomic E-state index is 1.19. The van der Waals surface area contributed by atoms with Gasteiger partial charge in [0.25, 0.3) is 0 Å². The van der Waals surface area contributed by atoms with E-state index in [1.165, 1.54) is 32.7 Å². The van der Waals surface area contributed by atoms with Crippen molar-refractivity contribution in [1.29, 1.82) is 0 Å². The molecule has 0 nitrogen and oxygen atoms in total. The topological polar surface area (TPSA) is 0 Å². The molecule has 0 aliphatic carbocycles. The fraction of sp³-hybridized carbons (Fsp3) is 0. The first-order valence-electron chi connectivity index (χ1n) is 0.535. The molecule has 4 heavy (non-hydrogen) atoms. The van der Waals surface area contributed by atoms with Gasteiger partial charge in [-0.1, -0.05) is 0 Å². The van der Waals surface area contributed by atoms with Gasteiger partial charge in [0.05, 0.1) is 0 Å². The van der Waals surface area contributed by atoms with Gasteiger partial charge in [-0.3, -0.25) is 0 Å². The standard InChI is InChI=1S/2BrH.2Zn/h2*1H;;/q;;2*+1/p-2. The molecule has 0 atom stereocenters. The predicted molar refractivity (Wildman–Crippen MR) is 17.9 cm³/mol. The molecule has 0 spiro atoms. The summed E-state index contributed by atoms with van der Waals surface area (Å²) in [6.07, 6.45) is 0. The molecule has 0 bridgehead atoms. The van der Waals surface area contributed by atoms with Gasteiger partial charge < -0.3 is 0 Å². The maximum absolute atomic E-state index is 3.06. The SMILES string of the molecule is [Zn][Br].[Zn][Br]. The van der Waals surface area contributed by atoms with Crippen LogP contribution in [0, 0.1) is 0 Å². The molecule has 0 radical (unpaired) electrons. The van der Waals surface area contributed by atoms with E-state index in [1.807, 2.05) is 0 Å². The zero-order chi connectivity index (χ0) is 4.00. The summed E-state index contributed by atoms with van der Waals surface area (Å²) in [5, 5.41) is 0. The van der Waals surface area contributed by atoms with Crippen molar-refractivity contribution in [2.45, 2.75) is 0 Å². The van der Waals surface area contributed by atoms with Gasteiger partial charge in [-0.15, -0.1) is 0 Å². The van der Waals surface area contributed by atoms with Crippen molar-refractivity contribution >= 4 is 27.2 Å². The first-order valence-corrected chi connectivity index (χ1v) is 14.4. The molecule has 0 amide bonds. The van der Waals surface area contributed by atoms with Crippen molar-refractivity contribution in [3.63, 3.8) is 0 Å². The van der Waals surface area contributed by atoms with E-state index < -0.39 is 0 Å². The first kappa shape index (κ1) is 9.51. The number of rotatable bonds is 0. The van der Waals surface area contributed by atoms with Crippen LogP contribution in [-0.4, -0.2) is 0 Å². The van der Waals surface area contributed by atoms with Gasteiger partial charge in [-0.25, -0.2) is 0 Å². The van der Waals surface area contributed by atoms with Gasteiger partial charge in [0.1, 0.15) is 0 Å². The summed E-state index contributed by atoms with van der Waals surface area (Å²) in [6.45, 7) is 0. The third-order valence-electron chi connectivity index (χ3n) is 0. The first-order chi connectivity index (χ1) is 2.00. The van der Waals surface area contributed by atoms with Crippen molar-refractivity contribution < 1.29 is 32.7 Å². The number of hydrogen-bond donors (Lipinski definition) is 0. The van der Waals surface area contributed by atoms with Crippen LogP contribution in [0.3, 0.4) is 0 Å². The average Bonchev–Trinajstić information content (AvgIpc) is 1.50. The van der Waals surface area contributed by atoms with Gasteiger partial charge in [-0.2, -0.15) is 0 Å². The third-order valence-corrected chi connectivity index (χ3v) is 0. The second-order valence-corrected chi connectivity index (χ2v) is 0. The van der Waals surface area contributed by atoms with E-state index in [-0.39, 0.29) is 0 Å². The zero-order valence-electron chi connectivity index (χ0n) is 2.17. The van der Waals surface area contributed by atoms with Crippen LogP contribution in [0.1, 0.15) is 0 Å². The van der Waals surface area contributed by atoms with Crippen LogP contribution >= 0.6 is 27.2 Å². The van der Waals surface area contributed by atoms with Crippen molar-refractivity contribution in [2.24, 2.45) is 0 Å². The second-order valence-electron chi connectivity index (χ2n) is 0. The molecule has 0 rings (SSSR count). The Bertz CT molecular complexity index is 4.00. The van der Waals surface area contributed by atoms with Crippen LogP contribution in [0.25, 0.3) is 0 Å². The van der Waals surface area contributed by atoms with E-state index in [1.54, 1.807) is 0 Å². The molecule has 0 N–H and O–H groups in total. The summed E-state index contributed by atoms with van der Waals surface area (Å²) in [7, 11) is 0. The van der Waals surface area contributed by atoms with Gasteiger partial charge in [-0.05, 0) is 0 Å². The fourth-order valence-corrected chi connectivity index (χ4v) is 0. The number of hydrogen-bond acceptors (Lipinski definition) is 0. The molecule has 0 aliphatic heterocycles. The van der Waals surface area contributed by atoms with E-state index in [0.717, 1.165) is 0 Å².